The lowest BCUT2D eigenvalue weighted by molar-refractivity contribution is 0.582. The minimum Gasteiger partial charge on any atom is -0.327 e. The van der Waals surface area contributed by atoms with Crippen molar-refractivity contribution in [3.8, 4) is 0 Å². The van der Waals surface area contributed by atoms with E-state index in [1.165, 1.54) is 18.2 Å². The lowest BCUT2D eigenvalue weighted by Gasteiger charge is -2.14. The average Bonchev–Trinajstić information content (AvgIpc) is 2.38. The molecule has 5 heteroatoms. The third-order valence-electron chi connectivity index (χ3n) is 3.01. The fourth-order valence-electron chi connectivity index (χ4n) is 2.03. The summed E-state index contributed by atoms with van der Waals surface area (Å²) in [5.41, 5.74) is 7.08. The van der Waals surface area contributed by atoms with Gasteiger partial charge in [0.2, 0.25) is 0 Å². The quantitative estimate of drug-likeness (QED) is 0.890. The molecule has 1 atom stereocenters. The first kappa shape index (κ1) is 15.2. The zero-order valence-corrected chi connectivity index (χ0v) is 12.1. The lowest BCUT2D eigenvalue weighted by Crippen LogP contribution is -2.26. The van der Waals surface area contributed by atoms with Crippen LogP contribution in [0.5, 0.6) is 0 Å². The Bertz CT molecular complexity index is 597. The van der Waals surface area contributed by atoms with Gasteiger partial charge in [-0.3, -0.25) is 0 Å². The van der Waals surface area contributed by atoms with E-state index >= 15 is 0 Å². The van der Waals surface area contributed by atoms with E-state index in [4.69, 9.17) is 28.9 Å². The Morgan fingerprint density at radius 3 is 2.35 bits per heavy atom. The molecular weight excluding hydrogens is 303 g/mol. The molecule has 0 aromatic heterocycles. The second-order valence-electron chi connectivity index (χ2n) is 4.62. The Morgan fingerprint density at radius 2 is 1.70 bits per heavy atom. The highest BCUT2D eigenvalue weighted by atomic mass is 35.5. The summed E-state index contributed by atoms with van der Waals surface area (Å²) in [7, 11) is 0. The normalized spacial score (nSPS) is 12.4. The fourth-order valence-corrected chi connectivity index (χ4v) is 2.39. The molecule has 1 unspecified atom stereocenters. The smallest absolute Gasteiger partial charge is 0.142 e. The van der Waals surface area contributed by atoms with Crippen molar-refractivity contribution in [2.45, 2.75) is 18.9 Å². The summed E-state index contributed by atoms with van der Waals surface area (Å²) in [6, 6.07) is 8.67. The Hall–Kier alpha value is -1.16. The van der Waals surface area contributed by atoms with Gasteiger partial charge in [-0.1, -0.05) is 35.3 Å². The predicted octanol–water partition coefficient (Wildman–Crippen LogP) is 4.38. The third-order valence-corrected chi connectivity index (χ3v) is 3.67. The molecule has 0 radical (unpaired) electrons. The van der Waals surface area contributed by atoms with Crippen LogP contribution in [-0.4, -0.2) is 6.04 Å². The minimum atomic E-state index is -0.486. The van der Waals surface area contributed by atoms with Crippen LogP contribution in [0.25, 0.3) is 0 Å². The molecule has 106 valence electrons. The van der Waals surface area contributed by atoms with Gasteiger partial charge < -0.3 is 5.73 Å². The van der Waals surface area contributed by atoms with Gasteiger partial charge in [-0.25, -0.2) is 8.78 Å². The second-order valence-corrected chi connectivity index (χ2v) is 5.43. The monoisotopic (exact) mass is 315 g/mol. The third kappa shape index (κ3) is 3.69. The SMILES string of the molecule is NC(Cc1ccc(Cl)c(F)c1)Cc1c(F)cccc1Cl. The number of hydrogen-bond donors (Lipinski definition) is 1. The number of rotatable bonds is 4. The molecule has 20 heavy (non-hydrogen) atoms. The highest BCUT2D eigenvalue weighted by Gasteiger charge is 2.13. The van der Waals surface area contributed by atoms with Crippen LogP contribution >= 0.6 is 23.2 Å². The molecule has 0 saturated heterocycles. The first-order chi connectivity index (χ1) is 9.47. The summed E-state index contributed by atoms with van der Waals surface area (Å²) in [4.78, 5) is 0. The summed E-state index contributed by atoms with van der Waals surface area (Å²) < 4.78 is 27.0. The van der Waals surface area contributed by atoms with Crippen molar-refractivity contribution in [3.05, 3.63) is 69.2 Å². The number of nitrogens with two attached hydrogens (primary N) is 1. The molecule has 1 nitrogen and oxygen atoms in total. The van der Waals surface area contributed by atoms with Gasteiger partial charge in [0, 0.05) is 16.6 Å². The Balaban J connectivity index is 2.09. The first-order valence-electron chi connectivity index (χ1n) is 6.09. The zero-order chi connectivity index (χ0) is 14.7. The highest BCUT2D eigenvalue weighted by Crippen LogP contribution is 2.22. The Labute approximate surface area is 126 Å². The van der Waals surface area contributed by atoms with Gasteiger partial charge in [-0.15, -0.1) is 0 Å². The largest absolute Gasteiger partial charge is 0.327 e. The molecule has 0 fully saturated rings. The molecule has 2 aromatic carbocycles. The van der Waals surface area contributed by atoms with E-state index in [2.05, 4.69) is 0 Å². The van der Waals surface area contributed by atoms with E-state index in [0.717, 1.165) is 0 Å². The Kier molecular flexibility index (Phi) is 4.97. The average molecular weight is 316 g/mol. The van der Waals surface area contributed by atoms with Gasteiger partial charge in [0.1, 0.15) is 11.6 Å². The number of hydrogen-bond acceptors (Lipinski definition) is 1. The van der Waals surface area contributed by atoms with Gasteiger partial charge in [-0.05, 0) is 42.7 Å². The van der Waals surface area contributed by atoms with E-state index in [-0.39, 0.29) is 23.3 Å². The molecule has 0 aliphatic heterocycles. The van der Waals surface area contributed by atoms with Crippen molar-refractivity contribution in [3.63, 3.8) is 0 Å². The topological polar surface area (TPSA) is 26.0 Å². The summed E-state index contributed by atoms with van der Waals surface area (Å²) >= 11 is 11.6. The molecule has 2 rings (SSSR count). The molecule has 0 heterocycles. The molecule has 0 spiro atoms. The van der Waals surface area contributed by atoms with Gasteiger partial charge in [0.05, 0.1) is 5.02 Å². The fraction of sp³-hybridized carbons (Fsp3) is 0.200. The van der Waals surface area contributed by atoms with Crippen LogP contribution in [0.3, 0.4) is 0 Å². The van der Waals surface area contributed by atoms with Gasteiger partial charge in [0.15, 0.2) is 0 Å². The maximum atomic E-state index is 13.6. The van der Waals surface area contributed by atoms with Crippen molar-refractivity contribution in [2.24, 2.45) is 5.73 Å². The van der Waals surface area contributed by atoms with E-state index < -0.39 is 5.82 Å². The van der Waals surface area contributed by atoms with Crippen LogP contribution in [0, 0.1) is 11.6 Å². The van der Waals surface area contributed by atoms with Crippen LogP contribution in [0.15, 0.2) is 36.4 Å². The molecule has 0 aliphatic rings. The predicted molar refractivity (Wildman–Crippen MR) is 78.2 cm³/mol. The van der Waals surface area contributed by atoms with E-state index in [1.807, 2.05) is 0 Å². The second kappa shape index (κ2) is 6.53. The van der Waals surface area contributed by atoms with Crippen LogP contribution in [0.4, 0.5) is 8.78 Å². The van der Waals surface area contributed by atoms with Crippen LogP contribution in [0.2, 0.25) is 10.0 Å². The highest BCUT2D eigenvalue weighted by molar-refractivity contribution is 6.31. The number of halogens is 4. The van der Waals surface area contributed by atoms with E-state index in [0.29, 0.717) is 22.6 Å². The van der Waals surface area contributed by atoms with Crippen molar-refractivity contribution >= 4 is 23.2 Å². The van der Waals surface area contributed by atoms with Crippen molar-refractivity contribution in [1.82, 2.24) is 0 Å². The van der Waals surface area contributed by atoms with Gasteiger partial charge in [0.25, 0.3) is 0 Å². The molecule has 0 amide bonds. The zero-order valence-electron chi connectivity index (χ0n) is 10.5. The Morgan fingerprint density at radius 1 is 0.950 bits per heavy atom. The van der Waals surface area contributed by atoms with Gasteiger partial charge in [-0.2, -0.15) is 0 Å². The van der Waals surface area contributed by atoms with Crippen molar-refractivity contribution in [1.29, 1.82) is 0 Å². The number of benzene rings is 2. The molecule has 0 aliphatic carbocycles. The molecule has 2 N–H and O–H groups in total. The summed E-state index contributed by atoms with van der Waals surface area (Å²) in [6.07, 6.45) is 0.703. The lowest BCUT2D eigenvalue weighted by atomic mass is 9.99. The molecule has 0 bridgehead atoms. The first-order valence-corrected chi connectivity index (χ1v) is 6.85. The van der Waals surface area contributed by atoms with Gasteiger partial charge >= 0.3 is 0 Å². The van der Waals surface area contributed by atoms with Crippen LogP contribution in [-0.2, 0) is 12.8 Å². The maximum absolute atomic E-state index is 13.6. The molecule has 2 aromatic rings. The summed E-state index contributed by atoms with van der Waals surface area (Å²) in [6.45, 7) is 0. The minimum absolute atomic E-state index is 0.0690. The van der Waals surface area contributed by atoms with E-state index in [1.54, 1.807) is 18.2 Å². The van der Waals surface area contributed by atoms with Crippen molar-refractivity contribution in [2.75, 3.05) is 0 Å². The molecular formula is C15H13Cl2F2N. The summed E-state index contributed by atoms with van der Waals surface area (Å²) in [5, 5.41) is 0.419. The maximum Gasteiger partial charge on any atom is 0.142 e. The standard InChI is InChI=1S/C15H13Cl2F2N/c16-12-2-1-3-14(18)11(12)8-10(20)6-9-4-5-13(17)15(19)7-9/h1-5,7,10H,6,8,20H2. The van der Waals surface area contributed by atoms with Crippen LogP contribution in [0.1, 0.15) is 11.1 Å². The van der Waals surface area contributed by atoms with E-state index in [9.17, 15) is 8.78 Å². The van der Waals surface area contributed by atoms with Crippen LogP contribution < -0.4 is 5.73 Å². The van der Waals surface area contributed by atoms with Crippen molar-refractivity contribution < 1.29 is 8.78 Å². The molecule has 0 saturated carbocycles. The summed E-state index contributed by atoms with van der Waals surface area (Å²) in [5.74, 6) is -0.865.